The molecule has 21 heavy (non-hydrogen) atoms. The molecule has 0 amide bonds. The topological polar surface area (TPSA) is 41.5 Å². The minimum absolute atomic E-state index is 0.191. The minimum Gasteiger partial charge on any atom is -0.497 e. The third kappa shape index (κ3) is 4.23. The molecular formula is C18H23NO2. The van der Waals surface area contributed by atoms with Gasteiger partial charge in [0.15, 0.2) is 0 Å². The lowest BCUT2D eigenvalue weighted by atomic mass is 10.0. The van der Waals surface area contributed by atoms with E-state index >= 15 is 0 Å². The average molecular weight is 285 g/mol. The lowest BCUT2D eigenvalue weighted by Crippen LogP contribution is -2.09. The van der Waals surface area contributed by atoms with Crippen molar-refractivity contribution >= 4 is 5.69 Å². The second kappa shape index (κ2) is 7.70. The van der Waals surface area contributed by atoms with Crippen LogP contribution in [0.5, 0.6) is 5.75 Å². The number of anilines is 1. The Morgan fingerprint density at radius 1 is 1.05 bits per heavy atom. The summed E-state index contributed by atoms with van der Waals surface area (Å²) < 4.78 is 5.20. The van der Waals surface area contributed by atoms with Crippen LogP contribution < -0.4 is 10.1 Å². The zero-order valence-corrected chi connectivity index (χ0v) is 12.7. The van der Waals surface area contributed by atoms with Gasteiger partial charge in [0, 0.05) is 12.3 Å². The molecule has 0 aliphatic heterocycles. The third-order valence-electron chi connectivity index (χ3n) is 3.62. The molecule has 0 aliphatic carbocycles. The van der Waals surface area contributed by atoms with Gasteiger partial charge < -0.3 is 15.2 Å². The van der Waals surface area contributed by atoms with E-state index in [4.69, 9.17) is 9.84 Å². The van der Waals surface area contributed by atoms with Gasteiger partial charge in [-0.15, -0.1) is 0 Å². The third-order valence-corrected chi connectivity index (χ3v) is 3.62. The van der Waals surface area contributed by atoms with Crippen molar-refractivity contribution in [3.05, 3.63) is 59.7 Å². The molecule has 2 aromatic carbocycles. The van der Waals surface area contributed by atoms with E-state index < -0.39 is 0 Å². The van der Waals surface area contributed by atoms with Gasteiger partial charge in [-0.05, 0) is 48.2 Å². The van der Waals surface area contributed by atoms with Crippen molar-refractivity contribution in [3.63, 3.8) is 0 Å². The molecule has 0 aliphatic rings. The van der Waals surface area contributed by atoms with E-state index in [0.717, 1.165) is 23.4 Å². The summed E-state index contributed by atoms with van der Waals surface area (Å²) >= 11 is 0. The maximum atomic E-state index is 8.94. The molecule has 2 aromatic rings. The molecule has 1 unspecified atom stereocenters. The summed E-state index contributed by atoms with van der Waals surface area (Å²) in [4.78, 5) is 0. The summed E-state index contributed by atoms with van der Waals surface area (Å²) in [5.41, 5.74) is 3.50. The van der Waals surface area contributed by atoms with Crippen LogP contribution >= 0.6 is 0 Å². The lowest BCUT2D eigenvalue weighted by molar-refractivity contribution is 0.299. The number of hydrogen-bond acceptors (Lipinski definition) is 3. The van der Waals surface area contributed by atoms with Gasteiger partial charge in [0.05, 0.1) is 13.2 Å². The predicted molar refractivity (Wildman–Crippen MR) is 86.9 cm³/mol. The summed E-state index contributed by atoms with van der Waals surface area (Å²) in [5, 5.41) is 12.5. The van der Waals surface area contributed by atoms with Gasteiger partial charge in [-0.25, -0.2) is 0 Å². The molecule has 2 N–H and O–H groups in total. The first-order chi connectivity index (χ1) is 10.3. The molecule has 3 nitrogen and oxygen atoms in total. The van der Waals surface area contributed by atoms with E-state index in [2.05, 4.69) is 48.6 Å². The van der Waals surface area contributed by atoms with Gasteiger partial charge in [0.2, 0.25) is 0 Å². The fourth-order valence-electron chi connectivity index (χ4n) is 2.36. The standard InChI is InChI=1S/C18H23NO2/c1-3-18(15-6-10-17(21-2)11-7-15)19-16-8-4-14(5-9-16)12-13-20/h4-11,18-20H,3,12-13H2,1-2H3. The highest BCUT2D eigenvalue weighted by Gasteiger charge is 2.09. The highest BCUT2D eigenvalue weighted by molar-refractivity contribution is 5.47. The molecule has 0 saturated carbocycles. The van der Waals surface area contributed by atoms with Crippen LogP contribution in [0.3, 0.4) is 0 Å². The Morgan fingerprint density at radius 3 is 2.24 bits per heavy atom. The molecule has 0 aromatic heterocycles. The first kappa shape index (κ1) is 15.4. The van der Waals surface area contributed by atoms with Gasteiger partial charge in [-0.2, -0.15) is 0 Å². The second-order valence-electron chi connectivity index (χ2n) is 5.05. The van der Waals surface area contributed by atoms with Crippen molar-refractivity contribution in [3.8, 4) is 5.75 Å². The number of nitrogens with one attached hydrogen (secondary N) is 1. The van der Waals surface area contributed by atoms with Crippen LogP contribution in [0.25, 0.3) is 0 Å². The van der Waals surface area contributed by atoms with Crippen molar-refractivity contribution in [1.82, 2.24) is 0 Å². The molecule has 0 radical (unpaired) electrons. The maximum Gasteiger partial charge on any atom is 0.118 e. The van der Waals surface area contributed by atoms with Gasteiger partial charge in [-0.3, -0.25) is 0 Å². The number of ether oxygens (including phenoxy) is 1. The summed E-state index contributed by atoms with van der Waals surface area (Å²) in [7, 11) is 1.68. The van der Waals surface area contributed by atoms with Crippen LogP contribution in [0.15, 0.2) is 48.5 Å². The Balaban J connectivity index is 2.06. The first-order valence-electron chi connectivity index (χ1n) is 7.37. The van der Waals surface area contributed by atoms with E-state index in [1.54, 1.807) is 7.11 Å². The van der Waals surface area contributed by atoms with Crippen LogP contribution in [0, 0.1) is 0 Å². The summed E-state index contributed by atoms with van der Waals surface area (Å²) in [6, 6.07) is 16.7. The van der Waals surface area contributed by atoms with Crippen LogP contribution in [0.2, 0.25) is 0 Å². The summed E-state index contributed by atoms with van der Waals surface area (Å²) in [6.07, 6.45) is 1.71. The number of methoxy groups -OCH3 is 1. The number of aliphatic hydroxyl groups is 1. The Labute approximate surface area is 126 Å². The fourth-order valence-corrected chi connectivity index (χ4v) is 2.36. The Hall–Kier alpha value is -2.00. The van der Waals surface area contributed by atoms with Crippen molar-refractivity contribution in [1.29, 1.82) is 0 Å². The maximum absolute atomic E-state index is 8.94. The quantitative estimate of drug-likeness (QED) is 0.813. The fraction of sp³-hybridized carbons (Fsp3) is 0.333. The van der Waals surface area contributed by atoms with E-state index in [1.165, 1.54) is 5.56 Å². The molecule has 0 spiro atoms. The van der Waals surface area contributed by atoms with Crippen LogP contribution in [-0.4, -0.2) is 18.8 Å². The van der Waals surface area contributed by atoms with Crippen LogP contribution in [-0.2, 0) is 6.42 Å². The van der Waals surface area contributed by atoms with Crippen molar-refractivity contribution < 1.29 is 9.84 Å². The van der Waals surface area contributed by atoms with Gasteiger partial charge >= 0.3 is 0 Å². The molecule has 3 heteroatoms. The van der Waals surface area contributed by atoms with E-state index in [-0.39, 0.29) is 12.6 Å². The first-order valence-corrected chi connectivity index (χ1v) is 7.37. The van der Waals surface area contributed by atoms with E-state index in [0.29, 0.717) is 6.42 Å². The molecule has 0 fully saturated rings. The molecule has 112 valence electrons. The van der Waals surface area contributed by atoms with Crippen molar-refractivity contribution in [2.45, 2.75) is 25.8 Å². The molecule has 2 rings (SSSR count). The zero-order valence-electron chi connectivity index (χ0n) is 12.7. The van der Waals surface area contributed by atoms with Gasteiger partial charge in [-0.1, -0.05) is 31.2 Å². The smallest absolute Gasteiger partial charge is 0.118 e. The van der Waals surface area contributed by atoms with Crippen molar-refractivity contribution in [2.24, 2.45) is 0 Å². The summed E-state index contributed by atoms with van der Waals surface area (Å²) in [5.74, 6) is 0.877. The molecule has 1 atom stereocenters. The molecule has 0 saturated heterocycles. The Bertz CT molecular complexity index is 534. The highest BCUT2D eigenvalue weighted by atomic mass is 16.5. The van der Waals surface area contributed by atoms with Gasteiger partial charge in [0.25, 0.3) is 0 Å². The van der Waals surface area contributed by atoms with E-state index in [1.807, 2.05) is 12.1 Å². The van der Waals surface area contributed by atoms with E-state index in [9.17, 15) is 0 Å². The van der Waals surface area contributed by atoms with Crippen LogP contribution in [0.1, 0.15) is 30.5 Å². The number of rotatable bonds is 7. The highest BCUT2D eigenvalue weighted by Crippen LogP contribution is 2.24. The molecule has 0 bridgehead atoms. The largest absolute Gasteiger partial charge is 0.497 e. The SMILES string of the molecule is CCC(Nc1ccc(CCO)cc1)c1ccc(OC)cc1. The Kier molecular flexibility index (Phi) is 5.64. The normalized spacial score (nSPS) is 12.0. The monoisotopic (exact) mass is 285 g/mol. The average Bonchev–Trinajstić information content (AvgIpc) is 2.54. The molecular weight excluding hydrogens is 262 g/mol. The van der Waals surface area contributed by atoms with Crippen molar-refractivity contribution in [2.75, 3.05) is 19.0 Å². The lowest BCUT2D eigenvalue weighted by Gasteiger charge is -2.19. The second-order valence-corrected chi connectivity index (χ2v) is 5.05. The van der Waals surface area contributed by atoms with Gasteiger partial charge in [0.1, 0.15) is 5.75 Å². The number of benzene rings is 2. The van der Waals surface area contributed by atoms with Crippen LogP contribution in [0.4, 0.5) is 5.69 Å². The zero-order chi connectivity index (χ0) is 15.1. The number of aliphatic hydroxyl groups excluding tert-OH is 1. The predicted octanol–water partition coefficient (Wildman–Crippen LogP) is 3.79. The minimum atomic E-state index is 0.191. The summed E-state index contributed by atoms with van der Waals surface area (Å²) in [6.45, 7) is 2.36. The molecule has 0 heterocycles. The Morgan fingerprint density at radius 2 is 1.71 bits per heavy atom. The number of hydrogen-bond donors (Lipinski definition) is 2.